The third-order valence-electron chi connectivity index (χ3n) is 5.93. The van der Waals surface area contributed by atoms with Gasteiger partial charge in [0.15, 0.2) is 0 Å². The van der Waals surface area contributed by atoms with Crippen molar-refractivity contribution < 1.29 is 27.8 Å². The lowest BCUT2D eigenvalue weighted by Crippen LogP contribution is -2.01. The molecule has 210 valence electrons. The first-order chi connectivity index (χ1) is 20.0. The topological polar surface area (TPSA) is 116 Å². The number of carbonyl (C=O) groups excluding carboxylic acids is 2. The highest BCUT2D eigenvalue weighted by Gasteiger charge is 2.17. The van der Waals surface area contributed by atoms with Gasteiger partial charge in [0.2, 0.25) is 5.88 Å². The molecule has 0 atom stereocenters. The van der Waals surface area contributed by atoms with Gasteiger partial charge in [0, 0.05) is 34.3 Å². The van der Waals surface area contributed by atoms with E-state index in [1.54, 1.807) is 12.3 Å². The van der Waals surface area contributed by atoms with E-state index in [2.05, 4.69) is 15.3 Å². The Labute approximate surface area is 235 Å². The highest BCUT2D eigenvalue weighted by Crippen LogP contribution is 2.39. The normalized spacial score (nSPS) is 10.0. The van der Waals surface area contributed by atoms with Gasteiger partial charge in [-0.2, -0.15) is 0 Å². The number of pyridine rings is 2. The van der Waals surface area contributed by atoms with Gasteiger partial charge >= 0.3 is 0 Å². The molecule has 0 saturated heterocycles. The predicted octanol–water partition coefficient (Wildman–Crippen LogP) is 6.61. The lowest BCUT2D eigenvalue weighted by Gasteiger charge is -2.16. The molecular formula is C31H28F2N4O4. The molecule has 5 aromatic rings. The van der Waals surface area contributed by atoms with Gasteiger partial charge in [-0.1, -0.05) is 24.3 Å². The van der Waals surface area contributed by atoms with Crippen molar-refractivity contribution in [3.05, 3.63) is 90.6 Å². The summed E-state index contributed by atoms with van der Waals surface area (Å²) in [5, 5.41) is 3.87. The molecule has 5 rings (SSSR count). The summed E-state index contributed by atoms with van der Waals surface area (Å²) in [6, 6.07) is 20.5. The average Bonchev–Trinajstić information content (AvgIpc) is 3.00. The molecule has 0 saturated carbocycles. The summed E-state index contributed by atoms with van der Waals surface area (Å²) in [6.45, 7) is 6.45. The Kier molecular flexibility index (Phi) is 10.4. The Morgan fingerprint density at radius 1 is 0.902 bits per heavy atom. The van der Waals surface area contributed by atoms with Gasteiger partial charge in [0.1, 0.15) is 42.5 Å². The molecule has 3 aromatic carbocycles. The largest absolute Gasteiger partial charge is 0.493 e. The number of fused-ring (bicyclic) bond motifs is 1. The number of rotatable bonds is 7. The summed E-state index contributed by atoms with van der Waals surface area (Å²) in [5.74, 6) is -0.00650. The number of aromatic nitrogens is 2. The van der Waals surface area contributed by atoms with Crippen LogP contribution in [0.4, 0.5) is 26.0 Å². The van der Waals surface area contributed by atoms with Gasteiger partial charge in [0.05, 0.1) is 24.9 Å². The van der Waals surface area contributed by atoms with Crippen LogP contribution < -0.4 is 20.5 Å². The minimum absolute atomic E-state index is 0.0963. The first kappa shape index (κ1) is 30.2. The van der Waals surface area contributed by atoms with E-state index >= 15 is 0 Å². The van der Waals surface area contributed by atoms with E-state index in [9.17, 15) is 8.78 Å². The van der Waals surface area contributed by atoms with Crippen LogP contribution in [0.15, 0.2) is 79.0 Å². The molecule has 41 heavy (non-hydrogen) atoms. The Morgan fingerprint density at radius 2 is 1.66 bits per heavy atom. The number of hydrogen-bond acceptors (Lipinski definition) is 8. The second kappa shape index (κ2) is 14.1. The Balaban J connectivity index is 0.00000111. The molecule has 0 aliphatic heterocycles. The van der Waals surface area contributed by atoms with Crippen molar-refractivity contribution >= 4 is 41.7 Å². The minimum atomic E-state index is -0.729. The van der Waals surface area contributed by atoms with Gasteiger partial charge < -0.3 is 30.1 Å². The van der Waals surface area contributed by atoms with Crippen LogP contribution in [0.5, 0.6) is 11.6 Å². The molecule has 10 heteroatoms. The van der Waals surface area contributed by atoms with E-state index in [1.165, 1.54) is 19.2 Å². The summed E-state index contributed by atoms with van der Waals surface area (Å²) < 4.78 is 39.1. The maximum absolute atomic E-state index is 14.5. The number of nitrogen functional groups attached to an aromatic ring is 1. The van der Waals surface area contributed by atoms with E-state index in [-0.39, 0.29) is 11.6 Å². The summed E-state index contributed by atoms with van der Waals surface area (Å²) in [5.41, 5.74) is 10.7. The number of ether oxygens (including phenoxy) is 2. The predicted molar refractivity (Wildman–Crippen MR) is 156 cm³/mol. The molecule has 3 N–H and O–H groups in total. The number of nitrogens with zero attached hydrogens (tertiary/aromatic N) is 2. The highest BCUT2D eigenvalue weighted by atomic mass is 19.1. The zero-order valence-corrected chi connectivity index (χ0v) is 22.5. The third-order valence-corrected chi connectivity index (χ3v) is 5.93. The second-order valence-corrected chi connectivity index (χ2v) is 8.25. The van der Waals surface area contributed by atoms with Gasteiger partial charge in [0.25, 0.3) is 0 Å². The van der Waals surface area contributed by atoms with E-state index in [1.807, 2.05) is 69.0 Å². The molecule has 0 fully saturated rings. The maximum Gasteiger partial charge on any atom is 0.238 e. The molecule has 2 heterocycles. The van der Waals surface area contributed by atoms with Gasteiger partial charge in [-0.05, 0) is 55.0 Å². The number of methoxy groups -OCH3 is 1. The van der Waals surface area contributed by atoms with Crippen molar-refractivity contribution in [2.75, 3.05) is 24.8 Å². The molecule has 8 nitrogen and oxygen atoms in total. The van der Waals surface area contributed by atoms with Gasteiger partial charge in [-0.3, -0.25) is 0 Å². The summed E-state index contributed by atoms with van der Waals surface area (Å²) in [4.78, 5) is 24.9. The quantitative estimate of drug-likeness (QED) is 0.229. The minimum Gasteiger partial charge on any atom is -0.493 e. The zero-order chi connectivity index (χ0) is 29.9. The average molecular weight is 559 g/mol. The van der Waals surface area contributed by atoms with Crippen molar-refractivity contribution in [1.29, 1.82) is 0 Å². The molecule has 0 radical (unpaired) electrons. The molecule has 0 aliphatic carbocycles. The Hall–Kier alpha value is -5.38. The fourth-order valence-corrected chi connectivity index (χ4v) is 4.23. The molecule has 0 bridgehead atoms. The molecule has 0 unspecified atom stereocenters. The van der Waals surface area contributed by atoms with Crippen LogP contribution in [0.2, 0.25) is 0 Å². The summed E-state index contributed by atoms with van der Waals surface area (Å²) >= 11 is 0. The first-order valence-corrected chi connectivity index (χ1v) is 12.2. The van der Waals surface area contributed by atoms with E-state index in [0.717, 1.165) is 39.4 Å². The smallest absolute Gasteiger partial charge is 0.238 e. The summed E-state index contributed by atoms with van der Waals surface area (Å²) in [6.07, 6.45) is 1.61. The molecule has 2 aromatic heterocycles. The zero-order valence-electron chi connectivity index (χ0n) is 22.5. The molecule has 0 aliphatic rings. The standard InChI is InChI=1S/C29H24F2N4O2.2CH2O/c1-3-37-26-7-5-4-6-21(26)22-15-18-14-17(8-10-24(18)35-28(22)32)20-12-13-33-29(36-2)27(20)34-25-11-9-19(30)16-23(25)31;2*1-2/h4-16,34H,3H2,1-2H3,(H2,32,35);2*1H2. The van der Waals surface area contributed by atoms with Crippen molar-refractivity contribution in [3.63, 3.8) is 0 Å². The van der Waals surface area contributed by atoms with Crippen LogP contribution in [0.3, 0.4) is 0 Å². The SMILES string of the molecule is C=O.C=O.CCOc1ccccc1-c1cc2cc(-c3ccnc(OC)c3Nc3ccc(F)cc3F)ccc2nc1N. The van der Waals surface area contributed by atoms with Crippen molar-refractivity contribution in [3.8, 4) is 33.9 Å². The van der Waals surface area contributed by atoms with Crippen LogP contribution in [-0.4, -0.2) is 37.3 Å². The highest BCUT2D eigenvalue weighted by molar-refractivity contribution is 5.94. The number of carbonyl (C=O) groups is 2. The van der Waals surface area contributed by atoms with Gasteiger partial charge in [-0.15, -0.1) is 0 Å². The lowest BCUT2D eigenvalue weighted by molar-refractivity contribution is -0.0987. The van der Waals surface area contributed by atoms with E-state index in [0.29, 0.717) is 23.7 Å². The van der Waals surface area contributed by atoms with Crippen LogP contribution in [0.1, 0.15) is 6.92 Å². The fraction of sp³-hybridized carbons (Fsp3) is 0.0968. The number of halogens is 2. The number of hydrogen-bond donors (Lipinski definition) is 2. The van der Waals surface area contributed by atoms with Gasteiger partial charge in [-0.25, -0.2) is 18.7 Å². The second-order valence-electron chi connectivity index (χ2n) is 8.25. The molecule has 0 spiro atoms. The van der Waals surface area contributed by atoms with E-state index in [4.69, 9.17) is 24.8 Å². The molecule has 0 amide bonds. The Bertz CT molecular complexity index is 1650. The molecular weight excluding hydrogens is 530 g/mol. The maximum atomic E-state index is 14.5. The van der Waals surface area contributed by atoms with Crippen LogP contribution in [0, 0.1) is 11.6 Å². The fourth-order valence-electron chi connectivity index (χ4n) is 4.23. The monoisotopic (exact) mass is 558 g/mol. The van der Waals surface area contributed by atoms with Crippen LogP contribution in [0.25, 0.3) is 33.2 Å². The van der Waals surface area contributed by atoms with Crippen LogP contribution in [-0.2, 0) is 9.59 Å². The van der Waals surface area contributed by atoms with Crippen molar-refractivity contribution in [1.82, 2.24) is 9.97 Å². The van der Waals surface area contributed by atoms with Crippen molar-refractivity contribution in [2.45, 2.75) is 6.92 Å². The lowest BCUT2D eigenvalue weighted by atomic mass is 9.99. The van der Waals surface area contributed by atoms with Crippen LogP contribution >= 0.6 is 0 Å². The first-order valence-electron chi connectivity index (χ1n) is 12.2. The van der Waals surface area contributed by atoms with E-state index < -0.39 is 11.6 Å². The number of nitrogens with two attached hydrogens (primary N) is 1. The number of anilines is 3. The number of para-hydroxylation sites is 1. The number of benzene rings is 3. The number of nitrogens with one attached hydrogen (secondary N) is 1. The summed E-state index contributed by atoms with van der Waals surface area (Å²) in [7, 11) is 1.48. The third kappa shape index (κ3) is 6.62. The Morgan fingerprint density at radius 3 is 2.37 bits per heavy atom. The van der Waals surface area contributed by atoms with Crippen molar-refractivity contribution in [2.24, 2.45) is 0 Å².